The number of rotatable bonds is 7. The molecule has 1 amide bonds. The van der Waals surface area contributed by atoms with E-state index in [1.165, 1.54) is 4.90 Å². The molecule has 3 rings (SSSR count). The first kappa shape index (κ1) is 20.9. The van der Waals surface area contributed by atoms with E-state index < -0.39 is 9.84 Å². The summed E-state index contributed by atoms with van der Waals surface area (Å²) in [7, 11) is -3.00. The van der Waals surface area contributed by atoms with Crippen LogP contribution in [0.3, 0.4) is 0 Å². The highest BCUT2D eigenvalue weighted by molar-refractivity contribution is 7.91. The van der Waals surface area contributed by atoms with E-state index in [2.05, 4.69) is 11.8 Å². The number of phenolic OH excluding ortho intramolecular Hbond substituents is 1. The molecular weight excluding hydrogens is 378 g/mol. The highest BCUT2D eigenvalue weighted by Gasteiger charge is 2.35. The predicted molar refractivity (Wildman–Crippen MR) is 110 cm³/mol. The Balaban J connectivity index is 1.54. The van der Waals surface area contributed by atoms with Crippen LogP contribution < -0.4 is 9.80 Å². The molecule has 2 aliphatic rings. The van der Waals surface area contributed by atoms with Gasteiger partial charge in [0.2, 0.25) is 0 Å². The minimum atomic E-state index is -3.00. The number of nitrogens with zero attached hydrogens (tertiary/aromatic N) is 2. The summed E-state index contributed by atoms with van der Waals surface area (Å²) in [5.74, 6) is 0.668. The topological polar surface area (TPSA) is 82.4 Å². The molecule has 2 heterocycles. The van der Waals surface area contributed by atoms with Gasteiger partial charge in [0.1, 0.15) is 5.75 Å². The number of hydrogen-bond donors (Lipinski definition) is 2. The zero-order valence-corrected chi connectivity index (χ0v) is 17.5. The first-order valence-corrected chi connectivity index (χ1v) is 12.1. The summed E-state index contributed by atoms with van der Waals surface area (Å²) in [5.41, 5.74) is 1.09. The van der Waals surface area contributed by atoms with E-state index in [0.29, 0.717) is 19.5 Å². The Morgan fingerprint density at radius 3 is 2.50 bits per heavy atom. The van der Waals surface area contributed by atoms with Crippen molar-refractivity contribution in [3.8, 4) is 5.75 Å². The number of carbonyl (C=O) groups is 1. The molecule has 7 nitrogen and oxygen atoms in total. The average Bonchev–Trinajstić information content (AvgIpc) is 3.03. The van der Waals surface area contributed by atoms with E-state index >= 15 is 0 Å². The van der Waals surface area contributed by atoms with Gasteiger partial charge in [-0.1, -0.05) is 13.3 Å². The fourth-order valence-electron chi connectivity index (χ4n) is 4.10. The van der Waals surface area contributed by atoms with Crippen LogP contribution in [-0.2, 0) is 14.6 Å². The quantitative estimate of drug-likeness (QED) is 0.657. The van der Waals surface area contributed by atoms with Crippen LogP contribution in [0.2, 0.25) is 0 Å². The first-order chi connectivity index (χ1) is 13.4. The molecule has 0 aliphatic carbocycles. The van der Waals surface area contributed by atoms with Crippen LogP contribution in [0.15, 0.2) is 24.3 Å². The van der Waals surface area contributed by atoms with Crippen molar-refractivity contribution in [1.82, 2.24) is 4.90 Å². The van der Waals surface area contributed by atoms with Crippen molar-refractivity contribution in [2.24, 2.45) is 0 Å². The van der Waals surface area contributed by atoms with Gasteiger partial charge < -0.3 is 19.8 Å². The van der Waals surface area contributed by atoms with E-state index in [9.17, 15) is 18.3 Å². The van der Waals surface area contributed by atoms with Gasteiger partial charge in [0.05, 0.1) is 37.7 Å². The van der Waals surface area contributed by atoms with Gasteiger partial charge in [-0.25, -0.2) is 8.42 Å². The van der Waals surface area contributed by atoms with E-state index in [1.807, 2.05) is 17.0 Å². The number of quaternary nitrogens is 1. The van der Waals surface area contributed by atoms with Crippen molar-refractivity contribution in [2.45, 2.75) is 32.2 Å². The van der Waals surface area contributed by atoms with Crippen molar-refractivity contribution in [1.29, 1.82) is 0 Å². The fourth-order valence-corrected chi connectivity index (χ4v) is 5.83. The summed E-state index contributed by atoms with van der Waals surface area (Å²) in [6.45, 7) is 6.64. The van der Waals surface area contributed by atoms with Crippen molar-refractivity contribution < 1.29 is 23.2 Å². The number of unbranched alkanes of at least 4 members (excludes halogenated alkanes) is 1. The molecule has 0 unspecified atom stereocenters. The molecule has 0 bridgehead atoms. The molecule has 8 heteroatoms. The van der Waals surface area contributed by atoms with Gasteiger partial charge in [-0.2, -0.15) is 0 Å². The number of phenols is 1. The van der Waals surface area contributed by atoms with Gasteiger partial charge in [0.15, 0.2) is 16.4 Å². The van der Waals surface area contributed by atoms with E-state index in [0.717, 1.165) is 44.7 Å². The maximum atomic E-state index is 13.0. The summed E-state index contributed by atoms with van der Waals surface area (Å²) in [4.78, 5) is 18.3. The molecular formula is C20H32N3O4S+. The Morgan fingerprint density at radius 1 is 1.25 bits per heavy atom. The molecule has 0 spiro atoms. The number of piperazine rings is 1. The lowest BCUT2D eigenvalue weighted by atomic mass is 10.2. The number of hydrogen-bond acceptors (Lipinski definition) is 5. The third-order valence-electron chi connectivity index (χ3n) is 5.81. The van der Waals surface area contributed by atoms with Crippen molar-refractivity contribution >= 4 is 21.4 Å². The third-order valence-corrected chi connectivity index (χ3v) is 7.56. The highest BCUT2D eigenvalue weighted by Crippen LogP contribution is 2.19. The molecule has 1 atom stereocenters. The summed E-state index contributed by atoms with van der Waals surface area (Å²) in [5, 5.41) is 9.43. The van der Waals surface area contributed by atoms with Crippen LogP contribution in [0.25, 0.3) is 0 Å². The summed E-state index contributed by atoms with van der Waals surface area (Å²) in [6, 6.07) is 7.07. The molecule has 156 valence electrons. The Morgan fingerprint density at radius 2 is 1.93 bits per heavy atom. The number of amides is 1. The molecule has 0 radical (unpaired) electrons. The van der Waals surface area contributed by atoms with E-state index in [-0.39, 0.29) is 29.2 Å². The zero-order chi connectivity index (χ0) is 20.1. The van der Waals surface area contributed by atoms with Gasteiger partial charge in [-0.3, -0.25) is 4.79 Å². The molecule has 1 aromatic rings. The average molecular weight is 411 g/mol. The molecule has 28 heavy (non-hydrogen) atoms. The lowest BCUT2D eigenvalue weighted by molar-refractivity contribution is -0.892. The lowest BCUT2D eigenvalue weighted by Crippen LogP contribution is -3.16. The van der Waals surface area contributed by atoms with Crippen LogP contribution in [0.5, 0.6) is 5.75 Å². The normalized spacial score (nSPS) is 22.3. The summed E-state index contributed by atoms with van der Waals surface area (Å²) in [6.07, 6.45) is 2.47. The molecule has 0 aromatic heterocycles. The second kappa shape index (κ2) is 9.13. The Bertz CT molecular complexity index is 758. The van der Waals surface area contributed by atoms with Crippen molar-refractivity contribution in [3.05, 3.63) is 24.3 Å². The maximum absolute atomic E-state index is 13.0. The van der Waals surface area contributed by atoms with Gasteiger partial charge in [-0.15, -0.1) is 0 Å². The molecule has 2 saturated heterocycles. The number of anilines is 1. The summed E-state index contributed by atoms with van der Waals surface area (Å²) < 4.78 is 23.7. The molecule has 2 fully saturated rings. The van der Waals surface area contributed by atoms with Crippen LogP contribution in [-0.4, -0.2) is 81.1 Å². The Hall–Kier alpha value is -1.80. The standard InChI is InChI=1S/C20H31N3O4S/c1-2-3-9-23(18-8-14-28(26,27)16-18)20(25)15-21-10-12-22(13-11-21)17-4-6-19(24)7-5-17/h4-7,18,24H,2-3,8-16H2,1H3/p+1/t18-/m0/s1. The molecule has 1 aromatic carbocycles. The van der Waals surface area contributed by atoms with Gasteiger partial charge in [0.25, 0.3) is 5.91 Å². The van der Waals surface area contributed by atoms with E-state index in [1.54, 1.807) is 12.1 Å². The third kappa shape index (κ3) is 5.38. The van der Waals surface area contributed by atoms with Gasteiger partial charge >= 0.3 is 0 Å². The predicted octanol–water partition coefficient (Wildman–Crippen LogP) is -0.0871. The Labute approximate surface area is 167 Å². The van der Waals surface area contributed by atoms with Gasteiger partial charge in [0, 0.05) is 18.3 Å². The maximum Gasteiger partial charge on any atom is 0.278 e. The van der Waals surface area contributed by atoms with Crippen LogP contribution in [0.4, 0.5) is 5.69 Å². The smallest absolute Gasteiger partial charge is 0.278 e. The van der Waals surface area contributed by atoms with Crippen LogP contribution in [0.1, 0.15) is 26.2 Å². The number of nitrogens with one attached hydrogen (secondary N) is 1. The van der Waals surface area contributed by atoms with Gasteiger partial charge in [-0.05, 0) is 37.1 Å². The second-order valence-electron chi connectivity index (χ2n) is 7.93. The molecule has 2 N–H and O–H groups in total. The van der Waals surface area contributed by atoms with Crippen molar-refractivity contribution in [2.75, 3.05) is 55.7 Å². The molecule has 2 aliphatic heterocycles. The molecule has 0 saturated carbocycles. The highest BCUT2D eigenvalue weighted by atomic mass is 32.2. The first-order valence-electron chi connectivity index (χ1n) is 10.3. The lowest BCUT2D eigenvalue weighted by Gasteiger charge is -2.35. The SMILES string of the molecule is CCCCN(C(=O)C[NH+]1CCN(c2ccc(O)cc2)CC1)[C@H]1CCS(=O)(=O)C1. The minimum Gasteiger partial charge on any atom is -0.508 e. The number of aromatic hydroxyl groups is 1. The summed E-state index contributed by atoms with van der Waals surface area (Å²) >= 11 is 0. The zero-order valence-electron chi connectivity index (χ0n) is 16.6. The second-order valence-corrected chi connectivity index (χ2v) is 10.2. The number of carbonyl (C=O) groups excluding carboxylic acids is 1. The monoisotopic (exact) mass is 410 g/mol. The largest absolute Gasteiger partial charge is 0.508 e. The van der Waals surface area contributed by atoms with Crippen LogP contribution in [0, 0.1) is 0 Å². The fraction of sp³-hybridized carbons (Fsp3) is 0.650. The number of sulfone groups is 1. The van der Waals surface area contributed by atoms with Crippen LogP contribution >= 0.6 is 0 Å². The minimum absolute atomic E-state index is 0.0867. The van der Waals surface area contributed by atoms with E-state index in [4.69, 9.17) is 0 Å². The van der Waals surface area contributed by atoms with Crippen molar-refractivity contribution in [3.63, 3.8) is 0 Å². The Kier molecular flexibility index (Phi) is 6.82. The number of benzene rings is 1.